The van der Waals surface area contributed by atoms with Gasteiger partial charge in [-0.3, -0.25) is 9.59 Å². The molecule has 0 rings (SSSR count). The first-order valence-corrected chi connectivity index (χ1v) is 39.1. The molecule has 0 fully saturated rings. The van der Waals surface area contributed by atoms with E-state index in [2.05, 4.69) is 43.5 Å². The van der Waals surface area contributed by atoms with E-state index in [-0.39, 0.29) is 18.5 Å². The highest BCUT2D eigenvalue weighted by atomic mass is 16.5. The van der Waals surface area contributed by atoms with Crippen LogP contribution in [0.25, 0.3) is 0 Å². The quantitative estimate of drug-likeness (QED) is 0.0320. The molecule has 0 spiro atoms. The number of carbonyl (C=O) groups excluding carboxylic acids is 2. The second kappa shape index (κ2) is 74.8. The number of aliphatic hydroxyl groups excluding tert-OH is 2. The van der Waals surface area contributed by atoms with Gasteiger partial charge in [0.2, 0.25) is 5.91 Å². The molecule has 504 valence electrons. The van der Waals surface area contributed by atoms with Crippen LogP contribution in [0.2, 0.25) is 0 Å². The van der Waals surface area contributed by atoms with Crippen molar-refractivity contribution in [3.63, 3.8) is 0 Å². The van der Waals surface area contributed by atoms with E-state index in [1.54, 1.807) is 0 Å². The number of aliphatic hydroxyl groups is 2. The first kappa shape index (κ1) is 83.3. The maximum Gasteiger partial charge on any atom is 0.305 e. The fourth-order valence-electron chi connectivity index (χ4n) is 12.5. The lowest BCUT2D eigenvalue weighted by atomic mass is 10.0. The Hall–Kier alpha value is -1.66. The Labute approximate surface area is 532 Å². The summed E-state index contributed by atoms with van der Waals surface area (Å²) in [5, 5.41) is 23.4. The molecule has 0 radical (unpaired) electrons. The van der Waals surface area contributed by atoms with E-state index in [1.807, 2.05) is 0 Å². The molecule has 2 unspecified atom stereocenters. The number of esters is 1. The van der Waals surface area contributed by atoms with Crippen LogP contribution in [0.4, 0.5) is 0 Å². The van der Waals surface area contributed by atoms with Crippen molar-refractivity contribution in [3.8, 4) is 0 Å². The third-order valence-electron chi connectivity index (χ3n) is 18.5. The zero-order valence-corrected chi connectivity index (χ0v) is 57.9. The van der Waals surface area contributed by atoms with Crippen LogP contribution in [0.3, 0.4) is 0 Å². The Balaban J connectivity index is 3.36. The average Bonchev–Trinajstić information content (AvgIpc) is 3.51. The van der Waals surface area contributed by atoms with Gasteiger partial charge < -0.3 is 20.3 Å². The normalized spacial score (nSPS) is 12.6. The topological polar surface area (TPSA) is 95.9 Å². The number of unbranched alkanes of at least 4 members (excludes halogenated alkanes) is 59. The Morgan fingerprint density at radius 1 is 0.318 bits per heavy atom. The molecule has 0 aromatic carbocycles. The van der Waals surface area contributed by atoms with Crippen LogP contribution in [-0.4, -0.2) is 47.4 Å². The number of nitrogens with one attached hydrogen (secondary N) is 1. The van der Waals surface area contributed by atoms with Gasteiger partial charge in [-0.2, -0.15) is 0 Å². The van der Waals surface area contributed by atoms with Gasteiger partial charge in [-0.1, -0.05) is 378 Å². The SMILES string of the molecule is CCCCCCCC/C=C\CCCCCCCCCCCC(=O)OCCCCCCCCCCCCCC/C=C\CCCCCCCCCCCCCCC(=O)NC(CO)C(O)CCCCCCCCCCCCCCCCCCCCCCC. The molecule has 0 aliphatic rings. The molecule has 0 aromatic heterocycles. The summed E-state index contributed by atoms with van der Waals surface area (Å²) in [7, 11) is 0. The Bertz CT molecular complexity index is 1330. The molecule has 0 aliphatic heterocycles. The second-order valence-electron chi connectivity index (χ2n) is 27.0. The van der Waals surface area contributed by atoms with Crippen LogP contribution < -0.4 is 5.32 Å². The summed E-state index contributed by atoms with van der Waals surface area (Å²) in [5.74, 6) is -0.0133. The molecular weight excluding hydrogens is 1040 g/mol. The molecule has 0 bridgehead atoms. The molecule has 85 heavy (non-hydrogen) atoms. The number of amides is 1. The van der Waals surface area contributed by atoms with E-state index in [0.717, 1.165) is 38.5 Å². The number of rotatable bonds is 74. The third kappa shape index (κ3) is 71.3. The van der Waals surface area contributed by atoms with Gasteiger partial charge in [-0.15, -0.1) is 0 Å². The molecule has 0 saturated carbocycles. The van der Waals surface area contributed by atoms with Gasteiger partial charge in [0.25, 0.3) is 0 Å². The standard InChI is InChI=1S/C79H153NO5/c1-3-5-7-9-11-13-15-17-19-21-23-32-36-39-43-47-51-55-59-63-67-71-77(82)76(75-81)80-78(83)72-68-64-60-56-52-48-44-40-37-33-30-28-26-24-25-27-29-31-34-38-42-46-50-54-58-62-66-70-74-85-79(84)73-69-65-61-57-53-49-45-41-35-22-20-18-16-14-12-10-8-6-4-2/h18,20,24-25,76-77,81-82H,3-17,19,21-23,26-75H2,1-2H3,(H,80,83)/b20-18-,25-24-. The summed E-state index contributed by atoms with van der Waals surface area (Å²) in [6, 6.07) is -0.542. The molecule has 0 heterocycles. The zero-order chi connectivity index (χ0) is 61.3. The van der Waals surface area contributed by atoms with E-state index in [0.29, 0.717) is 25.9 Å². The number of hydrogen-bond acceptors (Lipinski definition) is 5. The van der Waals surface area contributed by atoms with Crippen molar-refractivity contribution < 1.29 is 24.5 Å². The molecular formula is C79H153NO5. The van der Waals surface area contributed by atoms with Crippen LogP contribution in [0.5, 0.6) is 0 Å². The van der Waals surface area contributed by atoms with Crippen LogP contribution in [0.1, 0.15) is 444 Å². The van der Waals surface area contributed by atoms with Crippen molar-refractivity contribution in [2.75, 3.05) is 13.2 Å². The molecule has 6 heteroatoms. The van der Waals surface area contributed by atoms with Crippen LogP contribution in [0, 0.1) is 0 Å². The van der Waals surface area contributed by atoms with Gasteiger partial charge in [0.1, 0.15) is 0 Å². The zero-order valence-electron chi connectivity index (χ0n) is 57.9. The minimum Gasteiger partial charge on any atom is -0.466 e. The minimum atomic E-state index is -0.665. The summed E-state index contributed by atoms with van der Waals surface area (Å²) in [4.78, 5) is 24.7. The summed E-state index contributed by atoms with van der Waals surface area (Å²) in [6.45, 7) is 5.00. The molecule has 0 aromatic rings. The minimum absolute atomic E-state index is 0.0166. The predicted molar refractivity (Wildman–Crippen MR) is 375 cm³/mol. The fourth-order valence-corrected chi connectivity index (χ4v) is 12.5. The maximum absolute atomic E-state index is 12.6. The third-order valence-corrected chi connectivity index (χ3v) is 18.5. The van der Waals surface area contributed by atoms with Crippen LogP contribution in [0.15, 0.2) is 24.3 Å². The highest BCUT2D eigenvalue weighted by molar-refractivity contribution is 5.76. The number of carbonyl (C=O) groups is 2. The summed E-state index contributed by atoms with van der Waals surface area (Å²) in [5.41, 5.74) is 0. The van der Waals surface area contributed by atoms with Crippen LogP contribution in [-0.2, 0) is 14.3 Å². The Morgan fingerprint density at radius 2 is 0.553 bits per heavy atom. The summed E-state index contributed by atoms with van der Waals surface area (Å²) < 4.78 is 5.51. The van der Waals surface area contributed by atoms with Crippen molar-refractivity contribution in [2.24, 2.45) is 0 Å². The van der Waals surface area contributed by atoms with E-state index in [1.165, 1.54) is 372 Å². The van der Waals surface area contributed by atoms with E-state index < -0.39 is 12.1 Å². The molecule has 3 N–H and O–H groups in total. The lowest BCUT2D eigenvalue weighted by molar-refractivity contribution is -0.143. The lowest BCUT2D eigenvalue weighted by Crippen LogP contribution is -2.45. The van der Waals surface area contributed by atoms with Gasteiger partial charge in [-0.25, -0.2) is 0 Å². The second-order valence-corrected chi connectivity index (χ2v) is 27.0. The maximum atomic E-state index is 12.6. The molecule has 0 saturated heterocycles. The predicted octanol–water partition coefficient (Wildman–Crippen LogP) is 25.7. The first-order valence-electron chi connectivity index (χ1n) is 39.1. The largest absolute Gasteiger partial charge is 0.466 e. The Morgan fingerprint density at radius 3 is 0.835 bits per heavy atom. The lowest BCUT2D eigenvalue weighted by Gasteiger charge is -2.22. The van der Waals surface area contributed by atoms with E-state index in [4.69, 9.17) is 4.74 Å². The number of allylic oxidation sites excluding steroid dienone is 4. The summed E-state index contributed by atoms with van der Waals surface area (Å²) >= 11 is 0. The number of hydrogen-bond donors (Lipinski definition) is 3. The van der Waals surface area contributed by atoms with E-state index in [9.17, 15) is 19.8 Å². The van der Waals surface area contributed by atoms with Gasteiger partial charge >= 0.3 is 5.97 Å². The molecule has 1 amide bonds. The Kier molecular flexibility index (Phi) is 73.3. The summed E-state index contributed by atoms with van der Waals surface area (Å²) in [6.07, 6.45) is 95.4. The monoisotopic (exact) mass is 1200 g/mol. The average molecular weight is 1200 g/mol. The molecule has 2 atom stereocenters. The van der Waals surface area contributed by atoms with Crippen molar-refractivity contribution >= 4 is 11.9 Å². The van der Waals surface area contributed by atoms with Gasteiger partial charge in [0.15, 0.2) is 0 Å². The molecule has 0 aliphatic carbocycles. The molecule has 6 nitrogen and oxygen atoms in total. The van der Waals surface area contributed by atoms with Crippen LogP contribution >= 0.6 is 0 Å². The van der Waals surface area contributed by atoms with Crippen molar-refractivity contribution in [3.05, 3.63) is 24.3 Å². The smallest absolute Gasteiger partial charge is 0.305 e. The highest BCUT2D eigenvalue weighted by Crippen LogP contribution is 2.20. The van der Waals surface area contributed by atoms with Gasteiger partial charge in [0, 0.05) is 12.8 Å². The first-order chi connectivity index (χ1) is 42.0. The van der Waals surface area contributed by atoms with Gasteiger partial charge in [-0.05, 0) is 77.0 Å². The van der Waals surface area contributed by atoms with E-state index >= 15 is 0 Å². The fraction of sp³-hybridized carbons (Fsp3) is 0.924. The van der Waals surface area contributed by atoms with Gasteiger partial charge in [0.05, 0.1) is 25.4 Å². The van der Waals surface area contributed by atoms with Crippen molar-refractivity contribution in [2.45, 2.75) is 456 Å². The number of ether oxygens (including phenoxy) is 1. The highest BCUT2D eigenvalue weighted by Gasteiger charge is 2.20. The van der Waals surface area contributed by atoms with Crippen molar-refractivity contribution in [1.29, 1.82) is 0 Å². The van der Waals surface area contributed by atoms with Crippen molar-refractivity contribution in [1.82, 2.24) is 5.32 Å².